The Morgan fingerprint density at radius 2 is 2.16 bits per heavy atom. The molecule has 1 saturated heterocycles. The number of nitrogens with zero attached hydrogens (tertiary/aromatic N) is 2. The molecular formula is C15H24N2O2. The molecule has 19 heavy (non-hydrogen) atoms. The van der Waals surface area contributed by atoms with Gasteiger partial charge in [-0.2, -0.15) is 0 Å². The van der Waals surface area contributed by atoms with Crippen LogP contribution in [0.2, 0.25) is 0 Å². The van der Waals surface area contributed by atoms with E-state index in [-0.39, 0.29) is 6.10 Å². The molecule has 1 N–H and O–H groups in total. The van der Waals surface area contributed by atoms with Crippen LogP contribution in [0.5, 0.6) is 5.75 Å². The van der Waals surface area contributed by atoms with Crippen LogP contribution < -0.4 is 9.64 Å². The van der Waals surface area contributed by atoms with Crippen molar-refractivity contribution in [3.8, 4) is 5.75 Å². The van der Waals surface area contributed by atoms with Crippen molar-refractivity contribution in [1.29, 1.82) is 0 Å². The van der Waals surface area contributed by atoms with Crippen molar-refractivity contribution in [2.24, 2.45) is 0 Å². The Kier molecular flexibility index (Phi) is 5.02. The Morgan fingerprint density at radius 3 is 2.79 bits per heavy atom. The van der Waals surface area contributed by atoms with Crippen LogP contribution in [0.15, 0.2) is 12.3 Å². The number of aryl methyl sites for hydroxylation is 1. The molecule has 0 amide bonds. The molecule has 2 heterocycles. The third-order valence-electron chi connectivity index (χ3n) is 3.71. The Bertz CT molecular complexity index is 401. The predicted octanol–water partition coefficient (Wildman–Crippen LogP) is 2.39. The van der Waals surface area contributed by atoms with Gasteiger partial charge in [0.1, 0.15) is 5.75 Å². The van der Waals surface area contributed by atoms with E-state index in [4.69, 9.17) is 4.74 Å². The zero-order valence-electron chi connectivity index (χ0n) is 11.9. The second-order valence-corrected chi connectivity index (χ2v) is 5.17. The smallest absolute Gasteiger partial charge is 0.145 e. The molecule has 0 atom stereocenters. The summed E-state index contributed by atoms with van der Waals surface area (Å²) in [4.78, 5) is 6.79. The highest BCUT2D eigenvalue weighted by atomic mass is 16.5. The van der Waals surface area contributed by atoms with Crippen molar-refractivity contribution < 1.29 is 9.84 Å². The number of unbranched alkanes of at least 4 members (excludes halogenated alkanes) is 1. The summed E-state index contributed by atoms with van der Waals surface area (Å²) in [5.74, 6) is 0.900. The molecule has 1 aliphatic rings. The van der Waals surface area contributed by atoms with Gasteiger partial charge in [-0.15, -0.1) is 0 Å². The zero-order chi connectivity index (χ0) is 13.7. The van der Waals surface area contributed by atoms with Crippen LogP contribution in [0.25, 0.3) is 0 Å². The topological polar surface area (TPSA) is 45.6 Å². The van der Waals surface area contributed by atoms with Gasteiger partial charge < -0.3 is 14.7 Å². The molecule has 2 rings (SSSR count). The summed E-state index contributed by atoms with van der Waals surface area (Å²) in [6.07, 6.45) is 6.75. The van der Waals surface area contributed by atoms with E-state index in [1.54, 1.807) is 7.11 Å². The molecular weight excluding hydrogens is 240 g/mol. The summed E-state index contributed by atoms with van der Waals surface area (Å²) < 4.78 is 5.50. The molecule has 0 aromatic carbocycles. The highest BCUT2D eigenvalue weighted by Gasteiger charge is 2.20. The van der Waals surface area contributed by atoms with E-state index in [9.17, 15) is 5.11 Å². The van der Waals surface area contributed by atoms with E-state index in [0.29, 0.717) is 0 Å². The van der Waals surface area contributed by atoms with Gasteiger partial charge in [-0.3, -0.25) is 4.98 Å². The second-order valence-electron chi connectivity index (χ2n) is 5.17. The van der Waals surface area contributed by atoms with Gasteiger partial charge in [-0.1, -0.05) is 13.3 Å². The fraction of sp³-hybridized carbons (Fsp3) is 0.667. The standard InChI is InChI=1S/C15H24N2O2/c1-3-4-5-12-10-15(19-2)14(11-16-12)17-8-6-13(18)7-9-17/h10-11,13,18H,3-9H2,1-2H3. The van der Waals surface area contributed by atoms with E-state index in [2.05, 4.69) is 22.9 Å². The average Bonchev–Trinajstić information content (AvgIpc) is 2.46. The maximum absolute atomic E-state index is 9.57. The fourth-order valence-corrected chi connectivity index (χ4v) is 2.47. The van der Waals surface area contributed by atoms with Gasteiger partial charge >= 0.3 is 0 Å². The van der Waals surface area contributed by atoms with Crippen LogP contribution in [-0.4, -0.2) is 36.4 Å². The number of hydrogen-bond acceptors (Lipinski definition) is 4. The van der Waals surface area contributed by atoms with Crippen molar-refractivity contribution in [3.05, 3.63) is 18.0 Å². The lowest BCUT2D eigenvalue weighted by Crippen LogP contribution is -2.36. The van der Waals surface area contributed by atoms with Crippen LogP contribution in [0.1, 0.15) is 38.3 Å². The van der Waals surface area contributed by atoms with Gasteiger partial charge in [0.25, 0.3) is 0 Å². The van der Waals surface area contributed by atoms with Gasteiger partial charge in [0.2, 0.25) is 0 Å². The van der Waals surface area contributed by atoms with Crippen LogP contribution in [0.3, 0.4) is 0 Å². The summed E-state index contributed by atoms with van der Waals surface area (Å²) >= 11 is 0. The third kappa shape index (κ3) is 3.60. The molecule has 106 valence electrons. The average molecular weight is 264 g/mol. The van der Waals surface area contributed by atoms with Gasteiger partial charge in [0.05, 0.1) is 25.1 Å². The molecule has 0 saturated carbocycles. The van der Waals surface area contributed by atoms with Crippen molar-refractivity contribution in [1.82, 2.24) is 4.98 Å². The van der Waals surface area contributed by atoms with Crippen LogP contribution >= 0.6 is 0 Å². The Morgan fingerprint density at radius 1 is 1.42 bits per heavy atom. The molecule has 0 aliphatic carbocycles. The number of aromatic nitrogens is 1. The first-order valence-corrected chi connectivity index (χ1v) is 7.20. The fourth-order valence-electron chi connectivity index (χ4n) is 2.47. The lowest BCUT2D eigenvalue weighted by molar-refractivity contribution is 0.145. The summed E-state index contributed by atoms with van der Waals surface area (Å²) in [6.45, 7) is 3.92. The van der Waals surface area contributed by atoms with E-state index >= 15 is 0 Å². The number of pyridine rings is 1. The highest BCUT2D eigenvalue weighted by Crippen LogP contribution is 2.30. The molecule has 1 aromatic rings. The molecule has 0 unspecified atom stereocenters. The maximum Gasteiger partial charge on any atom is 0.145 e. The minimum Gasteiger partial charge on any atom is -0.494 e. The number of ether oxygens (including phenoxy) is 1. The van der Waals surface area contributed by atoms with Gasteiger partial charge in [0, 0.05) is 24.8 Å². The SMILES string of the molecule is CCCCc1cc(OC)c(N2CCC(O)CC2)cn1. The molecule has 0 bridgehead atoms. The van der Waals surface area contributed by atoms with Crippen LogP contribution in [0, 0.1) is 0 Å². The summed E-state index contributed by atoms with van der Waals surface area (Å²) in [5.41, 5.74) is 2.15. The van der Waals surface area contributed by atoms with Gasteiger partial charge in [-0.25, -0.2) is 0 Å². The number of piperidine rings is 1. The summed E-state index contributed by atoms with van der Waals surface area (Å²) in [6, 6.07) is 2.05. The van der Waals surface area contributed by atoms with Crippen molar-refractivity contribution >= 4 is 5.69 Å². The third-order valence-corrected chi connectivity index (χ3v) is 3.71. The van der Waals surface area contributed by atoms with Gasteiger partial charge in [-0.05, 0) is 25.7 Å². The molecule has 0 radical (unpaired) electrons. The van der Waals surface area contributed by atoms with E-state index < -0.39 is 0 Å². The molecule has 1 fully saturated rings. The van der Waals surface area contributed by atoms with Crippen LogP contribution in [0.4, 0.5) is 5.69 Å². The summed E-state index contributed by atoms with van der Waals surface area (Å²) in [7, 11) is 1.71. The number of methoxy groups -OCH3 is 1. The number of aliphatic hydroxyl groups is 1. The molecule has 4 nitrogen and oxygen atoms in total. The Labute approximate surface area is 115 Å². The number of rotatable bonds is 5. The minimum absolute atomic E-state index is 0.154. The number of anilines is 1. The lowest BCUT2D eigenvalue weighted by atomic mass is 10.1. The van der Waals surface area contributed by atoms with Crippen molar-refractivity contribution in [3.63, 3.8) is 0 Å². The quantitative estimate of drug-likeness (QED) is 0.887. The largest absolute Gasteiger partial charge is 0.494 e. The van der Waals surface area contributed by atoms with E-state index in [1.807, 2.05) is 6.20 Å². The van der Waals surface area contributed by atoms with Crippen LogP contribution in [-0.2, 0) is 6.42 Å². The minimum atomic E-state index is -0.154. The zero-order valence-corrected chi connectivity index (χ0v) is 11.9. The number of aliphatic hydroxyl groups excluding tert-OH is 1. The molecule has 1 aromatic heterocycles. The molecule has 1 aliphatic heterocycles. The maximum atomic E-state index is 9.57. The van der Waals surface area contributed by atoms with E-state index in [1.165, 1.54) is 6.42 Å². The number of hydrogen-bond donors (Lipinski definition) is 1. The monoisotopic (exact) mass is 264 g/mol. The van der Waals surface area contributed by atoms with Crippen molar-refractivity contribution in [2.75, 3.05) is 25.1 Å². The van der Waals surface area contributed by atoms with Gasteiger partial charge in [0.15, 0.2) is 0 Å². The summed E-state index contributed by atoms with van der Waals surface area (Å²) in [5, 5.41) is 9.57. The predicted molar refractivity (Wildman–Crippen MR) is 76.9 cm³/mol. The van der Waals surface area contributed by atoms with E-state index in [0.717, 1.165) is 55.9 Å². The highest BCUT2D eigenvalue weighted by molar-refractivity contribution is 5.57. The second kappa shape index (κ2) is 6.75. The lowest BCUT2D eigenvalue weighted by Gasteiger charge is -2.32. The Balaban J connectivity index is 2.11. The first-order chi connectivity index (χ1) is 9.24. The molecule has 0 spiro atoms. The first-order valence-electron chi connectivity index (χ1n) is 7.20. The van der Waals surface area contributed by atoms with Crippen molar-refractivity contribution in [2.45, 2.75) is 45.1 Å². The molecule has 4 heteroatoms. The Hall–Kier alpha value is -1.29. The first kappa shape index (κ1) is 14.1. The normalized spacial score (nSPS) is 16.7.